The second-order valence-electron chi connectivity index (χ2n) is 6.02. The number of aromatic nitrogens is 1. The Labute approximate surface area is 165 Å². The Morgan fingerprint density at radius 2 is 1.93 bits per heavy atom. The zero-order valence-electron chi connectivity index (χ0n) is 14.6. The lowest BCUT2D eigenvalue weighted by molar-refractivity contribution is -0.116. The Bertz CT molecular complexity index is 1050. The highest BCUT2D eigenvalue weighted by molar-refractivity contribution is 7.89. The summed E-state index contributed by atoms with van der Waals surface area (Å²) in [5.41, 5.74) is -0.283. The van der Waals surface area contributed by atoms with Gasteiger partial charge in [-0.25, -0.2) is 12.8 Å². The third-order valence-electron chi connectivity index (χ3n) is 4.08. The lowest BCUT2D eigenvalue weighted by atomic mass is 10.3. The fourth-order valence-corrected chi connectivity index (χ4v) is 4.26. The zero-order valence-corrected chi connectivity index (χ0v) is 16.2. The van der Waals surface area contributed by atoms with Crippen LogP contribution in [0, 0.1) is 5.82 Å². The van der Waals surface area contributed by atoms with Gasteiger partial charge in [-0.05, 0) is 24.3 Å². The first-order valence-corrected chi connectivity index (χ1v) is 10.1. The van der Waals surface area contributed by atoms with Crippen LogP contribution in [0.1, 0.15) is 0 Å². The van der Waals surface area contributed by atoms with Gasteiger partial charge in [0.15, 0.2) is 0 Å². The van der Waals surface area contributed by atoms with E-state index in [0.29, 0.717) is 13.2 Å². The highest BCUT2D eigenvalue weighted by Crippen LogP contribution is 2.19. The first kappa shape index (κ1) is 20.5. The number of amides is 1. The highest BCUT2D eigenvalue weighted by atomic mass is 35.5. The van der Waals surface area contributed by atoms with E-state index < -0.39 is 33.9 Å². The maximum absolute atomic E-state index is 13.2. The molecule has 1 aromatic carbocycles. The Balaban J connectivity index is 1.78. The van der Waals surface area contributed by atoms with E-state index in [4.69, 9.17) is 16.3 Å². The molecule has 0 radical (unpaired) electrons. The summed E-state index contributed by atoms with van der Waals surface area (Å²) in [5.74, 6) is -1.22. The molecule has 8 nitrogen and oxygen atoms in total. The van der Waals surface area contributed by atoms with Crippen molar-refractivity contribution in [3.63, 3.8) is 0 Å². The molecule has 1 aliphatic rings. The van der Waals surface area contributed by atoms with Gasteiger partial charge in [-0.1, -0.05) is 11.6 Å². The molecule has 150 valence electrons. The molecule has 1 amide bonds. The number of morpholine rings is 1. The van der Waals surface area contributed by atoms with Gasteiger partial charge in [-0.15, -0.1) is 0 Å². The molecular formula is C17H17ClFN3O5S. The van der Waals surface area contributed by atoms with E-state index in [1.165, 1.54) is 22.5 Å². The SMILES string of the molecule is O=C(Cn1cc(S(=O)(=O)N2CCOCC2)ccc1=O)Nc1ccc(F)c(Cl)c1. The van der Waals surface area contributed by atoms with Gasteiger partial charge in [-0.2, -0.15) is 4.31 Å². The summed E-state index contributed by atoms with van der Waals surface area (Å²) >= 11 is 5.67. The second kappa shape index (κ2) is 8.39. The van der Waals surface area contributed by atoms with Crippen molar-refractivity contribution in [3.8, 4) is 0 Å². The molecule has 28 heavy (non-hydrogen) atoms. The summed E-state index contributed by atoms with van der Waals surface area (Å²) in [6.45, 7) is 0.601. The number of pyridine rings is 1. The molecule has 3 rings (SSSR count). The number of hydrogen-bond acceptors (Lipinski definition) is 5. The monoisotopic (exact) mass is 429 g/mol. The molecule has 0 bridgehead atoms. The van der Waals surface area contributed by atoms with Gasteiger partial charge >= 0.3 is 0 Å². The molecular weight excluding hydrogens is 413 g/mol. The van der Waals surface area contributed by atoms with Crippen LogP contribution in [0.3, 0.4) is 0 Å². The lowest BCUT2D eigenvalue weighted by Crippen LogP contribution is -2.41. The fraction of sp³-hybridized carbons (Fsp3) is 0.294. The molecule has 0 aliphatic carbocycles. The van der Waals surface area contributed by atoms with Crippen LogP contribution in [0.5, 0.6) is 0 Å². The third kappa shape index (κ3) is 4.58. The zero-order chi connectivity index (χ0) is 20.3. The van der Waals surface area contributed by atoms with Crippen molar-refractivity contribution in [2.45, 2.75) is 11.4 Å². The van der Waals surface area contributed by atoms with Crippen molar-refractivity contribution in [2.24, 2.45) is 0 Å². The summed E-state index contributed by atoms with van der Waals surface area (Å²) in [6.07, 6.45) is 1.13. The molecule has 0 atom stereocenters. The van der Waals surface area contributed by atoms with Gasteiger partial charge in [0.05, 0.1) is 23.1 Å². The van der Waals surface area contributed by atoms with Crippen LogP contribution < -0.4 is 10.9 Å². The number of ether oxygens (including phenoxy) is 1. The summed E-state index contributed by atoms with van der Waals surface area (Å²) in [4.78, 5) is 24.2. The van der Waals surface area contributed by atoms with E-state index in [0.717, 1.165) is 22.9 Å². The molecule has 1 aliphatic heterocycles. The number of anilines is 1. The van der Waals surface area contributed by atoms with Crippen LogP contribution in [-0.4, -0.2) is 49.5 Å². The molecule has 1 aromatic heterocycles. The van der Waals surface area contributed by atoms with Gasteiger partial charge in [0, 0.05) is 31.0 Å². The van der Waals surface area contributed by atoms with Crippen molar-refractivity contribution >= 4 is 33.2 Å². The van der Waals surface area contributed by atoms with Crippen LogP contribution in [0.2, 0.25) is 5.02 Å². The molecule has 0 unspecified atom stereocenters. The second-order valence-corrected chi connectivity index (χ2v) is 8.37. The molecule has 0 saturated carbocycles. The maximum atomic E-state index is 13.2. The minimum absolute atomic E-state index is 0.0911. The maximum Gasteiger partial charge on any atom is 0.251 e. The largest absolute Gasteiger partial charge is 0.379 e. The Hall–Kier alpha value is -2.27. The van der Waals surface area contributed by atoms with Crippen LogP contribution in [0.25, 0.3) is 0 Å². The Morgan fingerprint density at radius 3 is 2.61 bits per heavy atom. The van der Waals surface area contributed by atoms with Crippen LogP contribution in [0.4, 0.5) is 10.1 Å². The fourth-order valence-electron chi connectivity index (χ4n) is 2.65. The molecule has 2 heterocycles. The molecule has 11 heteroatoms. The number of rotatable bonds is 5. The van der Waals surface area contributed by atoms with E-state index in [-0.39, 0.29) is 28.7 Å². The predicted molar refractivity (Wildman–Crippen MR) is 100 cm³/mol. The number of benzene rings is 1. The molecule has 2 aromatic rings. The predicted octanol–water partition coefficient (Wildman–Crippen LogP) is 1.30. The standard InChI is InChI=1S/C17H17ClFN3O5S/c18-14-9-12(1-3-15(14)19)20-16(23)11-21-10-13(2-4-17(21)24)28(25,26)22-5-7-27-8-6-22/h1-4,9-10H,5-8,11H2,(H,20,23). The lowest BCUT2D eigenvalue weighted by Gasteiger charge is -2.26. The normalized spacial score (nSPS) is 15.4. The molecule has 1 fully saturated rings. The Kier molecular flexibility index (Phi) is 6.14. The van der Waals surface area contributed by atoms with Gasteiger partial charge in [0.2, 0.25) is 15.9 Å². The van der Waals surface area contributed by atoms with Crippen molar-refractivity contribution < 1.29 is 22.3 Å². The summed E-state index contributed by atoms with van der Waals surface area (Å²) in [7, 11) is -3.80. The molecule has 0 spiro atoms. The van der Waals surface area contributed by atoms with Gasteiger partial charge < -0.3 is 14.6 Å². The third-order valence-corrected chi connectivity index (χ3v) is 6.25. The molecule has 1 saturated heterocycles. The summed E-state index contributed by atoms with van der Waals surface area (Å²) in [5, 5.41) is 2.32. The number of sulfonamides is 1. The minimum Gasteiger partial charge on any atom is -0.379 e. The van der Waals surface area contributed by atoms with E-state index in [9.17, 15) is 22.4 Å². The quantitative estimate of drug-likeness (QED) is 0.772. The summed E-state index contributed by atoms with van der Waals surface area (Å²) < 4.78 is 46.0. The first-order valence-electron chi connectivity index (χ1n) is 8.31. The van der Waals surface area contributed by atoms with Gasteiger partial charge in [0.1, 0.15) is 12.4 Å². The van der Waals surface area contributed by atoms with Crippen molar-refractivity contribution in [1.29, 1.82) is 0 Å². The number of carbonyl (C=O) groups is 1. The van der Waals surface area contributed by atoms with E-state index in [1.54, 1.807) is 0 Å². The van der Waals surface area contributed by atoms with Gasteiger partial charge in [0.25, 0.3) is 5.56 Å². The first-order chi connectivity index (χ1) is 13.3. The number of nitrogens with one attached hydrogen (secondary N) is 1. The Morgan fingerprint density at radius 1 is 1.21 bits per heavy atom. The average molecular weight is 430 g/mol. The topological polar surface area (TPSA) is 97.7 Å². The van der Waals surface area contributed by atoms with Gasteiger partial charge in [-0.3, -0.25) is 9.59 Å². The summed E-state index contributed by atoms with van der Waals surface area (Å²) in [6, 6.07) is 5.95. The van der Waals surface area contributed by atoms with Crippen LogP contribution >= 0.6 is 11.6 Å². The van der Waals surface area contributed by atoms with Crippen molar-refractivity contribution in [2.75, 3.05) is 31.6 Å². The van der Waals surface area contributed by atoms with Crippen LogP contribution in [0.15, 0.2) is 46.2 Å². The number of carbonyl (C=O) groups excluding carboxylic acids is 1. The molecule has 1 N–H and O–H groups in total. The van der Waals surface area contributed by atoms with E-state index in [2.05, 4.69) is 5.32 Å². The van der Waals surface area contributed by atoms with Crippen molar-refractivity contribution in [1.82, 2.24) is 8.87 Å². The van der Waals surface area contributed by atoms with Crippen LogP contribution in [-0.2, 0) is 26.1 Å². The smallest absolute Gasteiger partial charge is 0.251 e. The van der Waals surface area contributed by atoms with E-state index >= 15 is 0 Å². The number of halogens is 2. The number of nitrogens with zero attached hydrogens (tertiary/aromatic N) is 2. The minimum atomic E-state index is -3.80. The highest BCUT2D eigenvalue weighted by Gasteiger charge is 2.27. The number of hydrogen-bond donors (Lipinski definition) is 1. The van der Waals surface area contributed by atoms with Crippen molar-refractivity contribution in [3.05, 3.63) is 57.7 Å². The average Bonchev–Trinajstić information content (AvgIpc) is 2.67. The van der Waals surface area contributed by atoms with E-state index in [1.807, 2.05) is 0 Å².